The molecule has 0 radical (unpaired) electrons. The Bertz CT molecular complexity index is 997. The van der Waals surface area contributed by atoms with Crippen LogP contribution >= 0.6 is 35.0 Å². The van der Waals surface area contributed by atoms with Crippen LogP contribution in [-0.2, 0) is 9.59 Å². The summed E-state index contributed by atoms with van der Waals surface area (Å²) >= 11 is 13.2. The molecule has 1 fully saturated rings. The number of anilines is 1. The first-order valence-electron chi connectivity index (χ1n) is 8.71. The zero-order valence-electron chi connectivity index (χ0n) is 16.0. The van der Waals surface area contributed by atoms with Crippen LogP contribution in [0.5, 0.6) is 5.75 Å². The highest BCUT2D eigenvalue weighted by Crippen LogP contribution is 2.35. The Morgan fingerprint density at radius 1 is 1.24 bits per heavy atom. The van der Waals surface area contributed by atoms with Crippen molar-refractivity contribution in [2.24, 2.45) is 4.99 Å². The number of benzene rings is 2. The number of halogens is 2. The number of nitrogens with one attached hydrogen (secondary N) is 1. The number of nitrogens with zero attached hydrogens (tertiary/aromatic N) is 2. The van der Waals surface area contributed by atoms with E-state index in [1.165, 1.54) is 23.8 Å². The minimum absolute atomic E-state index is 0.0294. The van der Waals surface area contributed by atoms with Gasteiger partial charge in [-0.15, -0.1) is 0 Å². The van der Waals surface area contributed by atoms with Gasteiger partial charge in [0.15, 0.2) is 5.17 Å². The fourth-order valence-corrected chi connectivity index (χ4v) is 4.33. The molecule has 0 aliphatic carbocycles. The summed E-state index contributed by atoms with van der Waals surface area (Å²) in [6, 6.07) is 10.3. The third kappa shape index (κ3) is 5.04. The minimum atomic E-state index is -0.559. The van der Waals surface area contributed by atoms with Crippen LogP contribution < -0.4 is 10.1 Å². The summed E-state index contributed by atoms with van der Waals surface area (Å²) in [5, 5.41) is 3.86. The molecule has 2 aromatic rings. The van der Waals surface area contributed by atoms with E-state index in [9.17, 15) is 9.59 Å². The van der Waals surface area contributed by atoms with E-state index in [1.54, 1.807) is 43.4 Å². The lowest BCUT2D eigenvalue weighted by Gasteiger charge is -2.11. The van der Waals surface area contributed by atoms with Crippen molar-refractivity contribution in [3.8, 4) is 5.75 Å². The predicted molar refractivity (Wildman–Crippen MR) is 119 cm³/mol. The van der Waals surface area contributed by atoms with Crippen LogP contribution in [0.15, 0.2) is 41.4 Å². The summed E-state index contributed by atoms with van der Waals surface area (Å²) in [5.41, 5.74) is 2.04. The van der Waals surface area contributed by atoms with E-state index in [-0.39, 0.29) is 18.2 Å². The molecule has 2 aromatic carbocycles. The molecule has 0 spiro atoms. The van der Waals surface area contributed by atoms with Gasteiger partial charge in [-0.25, -0.2) is 4.99 Å². The van der Waals surface area contributed by atoms with Gasteiger partial charge in [-0.05, 0) is 48.9 Å². The molecule has 1 saturated heterocycles. The van der Waals surface area contributed by atoms with Gasteiger partial charge >= 0.3 is 0 Å². The first-order valence-corrected chi connectivity index (χ1v) is 10.3. The van der Waals surface area contributed by atoms with Crippen molar-refractivity contribution in [2.45, 2.75) is 18.6 Å². The number of amidine groups is 1. The van der Waals surface area contributed by atoms with Crippen molar-refractivity contribution in [3.63, 3.8) is 0 Å². The SMILES string of the molecule is COc1ccc(Cl)cc1N=C1SC(CC(=O)Nc2ccc(Cl)cc2C)C(=O)N1C. The molecule has 29 heavy (non-hydrogen) atoms. The maximum Gasteiger partial charge on any atom is 0.242 e. The number of aryl methyl sites for hydroxylation is 1. The van der Waals surface area contributed by atoms with Gasteiger partial charge in [-0.3, -0.25) is 14.5 Å². The quantitative estimate of drug-likeness (QED) is 0.701. The Hall–Kier alpha value is -2.22. The number of ether oxygens (including phenoxy) is 1. The fraction of sp³-hybridized carbons (Fsp3) is 0.250. The number of carbonyl (C=O) groups excluding carboxylic acids is 2. The highest BCUT2D eigenvalue weighted by atomic mass is 35.5. The van der Waals surface area contributed by atoms with Gasteiger partial charge < -0.3 is 10.1 Å². The molecule has 9 heteroatoms. The first kappa shape index (κ1) is 21.5. The molecule has 1 aliphatic rings. The predicted octanol–water partition coefficient (Wildman–Crippen LogP) is 4.90. The average Bonchev–Trinajstić information content (AvgIpc) is 2.92. The van der Waals surface area contributed by atoms with E-state index in [0.717, 1.165) is 5.56 Å². The summed E-state index contributed by atoms with van der Waals surface area (Å²) in [6.45, 7) is 1.86. The number of carbonyl (C=O) groups is 2. The van der Waals surface area contributed by atoms with E-state index in [0.29, 0.717) is 32.3 Å². The van der Waals surface area contributed by atoms with Crippen molar-refractivity contribution < 1.29 is 14.3 Å². The summed E-state index contributed by atoms with van der Waals surface area (Å²) in [5.74, 6) is 0.108. The molecule has 6 nitrogen and oxygen atoms in total. The Morgan fingerprint density at radius 3 is 2.62 bits per heavy atom. The molecule has 2 amide bonds. The molecule has 1 unspecified atom stereocenters. The van der Waals surface area contributed by atoms with Crippen LogP contribution in [-0.4, -0.2) is 41.3 Å². The molecule has 0 saturated carbocycles. The summed E-state index contributed by atoms with van der Waals surface area (Å²) in [7, 11) is 3.17. The van der Waals surface area contributed by atoms with Gasteiger partial charge in [0, 0.05) is 29.2 Å². The van der Waals surface area contributed by atoms with Crippen LogP contribution in [0.3, 0.4) is 0 Å². The van der Waals surface area contributed by atoms with Crippen LogP contribution in [0, 0.1) is 6.92 Å². The Labute approximate surface area is 183 Å². The largest absolute Gasteiger partial charge is 0.494 e. The van der Waals surface area contributed by atoms with Crippen molar-refractivity contribution in [2.75, 3.05) is 19.5 Å². The second-order valence-corrected chi connectivity index (χ2v) is 8.47. The fourth-order valence-electron chi connectivity index (χ4n) is 2.79. The molecule has 1 N–H and O–H groups in total. The third-order valence-corrected chi connectivity index (χ3v) is 6.03. The third-order valence-electron chi connectivity index (χ3n) is 4.33. The van der Waals surface area contributed by atoms with Crippen molar-refractivity contribution in [3.05, 3.63) is 52.0 Å². The molecular weight excluding hydrogens is 433 g/mol. The summed E-state index contributed by atoms with van der Waals surface area (Å²) in [6.07, 6.45) is 0.0294. The standard InChI is InChI=1S/C20H19Cl2N3O3S/c1-11-8-12(21)4-6-14(11)23-18(26)10-17-19(27)25(2)20(29-17)24-15-9-13(22)5-7-16(15)28-3/h4-9,17H,10H2,1-3H3,(H,23,26). The van der Waals surface area contributed by atoms with E-state index in [4.69, 9.17) is 27.9 Å². The van der Waals surface area contributed by atoms with Gasteiger partial charge in [-0.1, -0.05) is 35.0 Å². The molecule has 1 atom stereocenters. The Balaban J connectivity index is 1.73. The average molecular weight is 452 g/mol. The van der Waals surface area contributed by atoms with Crippen LogP contribution in [0.2, 0.25) is 10.0 Å². The summed E-state index contributed by atoms with van der Waals surface area (Å²) in [4.78, 5) is 31.0. The lowest BCUT2D eigenvalue weighted by Crippen LogP contribution is -2.30. The first-order chi connectivity index (χ1) is 13.8. The zero-order valence-corrected chi connectivity index (χ0v) is 18.4. The number of rotatable bonds is 5. The van der Waals surface area contributed by atoms with Gasteiger partial charge in [0.05, 0.1) is 7.11 Å². The normalized spacial score (nSPS) is 17.7. The molecular formula is C20H19Cl2N3O3S. The van der Waals surface area contributed by atoms with E-state index < -0.39 is 5.25 Å². The molecule has 152 valence electrons. The number of thioether (sulfide) groups is 1. The minimum Gasteiger partial charge on any atom is -0.494 e. The Morgan fingerprint density at radius 2 is 1.93 bits per heavy atom. The van der Waals surface area contributed by atoms with E-state index >= 15 is 0 Å². The van der Waals surface area contributed by atoms with Gasteiger partial charge in [0.25, 0.3) is 0 Å². The number of hydrogen-bond acceptors (Lipinski definition) is 5. The topological polar surface area (TPSA) is 71.0 Å². The van der Waals surface area contributed by atoms with Crippen molar-refractivity contribution in [1.82, 2.24) is 4.90 Å². The zero-order chi connectivity index (χ0) is 21.1. The molecule has 3 rings (SSSR count). The van der Waals surface area contributed by atoms with Crippen molar-refractivity contribution in [1.29, 1.82) is 0 Å². The molecule has 0 bridgehead atoms. The van der Waals surface area contributed by atoms with E-state index in [2.05, 4.69) is 10.3 Å². The molecule has 1 heterocycles. The van der Waals surface area contributed by atoms with Gasteiger partial charge in [0.2, 0.25) is 11.8 Å². The van der Waals surface area contributed by atoms with Crippen molar-refractivity contribution >= 4 is 63.3 Å². The number of amides is 2. The Kier molecular flexibility index (Phi) is 6.72. The smallest absolute Gasteiger partial charge is 0.242 e. The highest BCUT2D eigenvalue weighted by Gasteiger charge is 2.37. The van der Waals surface area contributed by atoms with Gasteiger partial charge in [-0.2, -0.15) is 0 Å². The summed E-state index contributed by atoms with van der Waals surface area (Å²) < 4.78 is 5.30. The van der Waals surface area contributed by atoms with Gasteiger partial charge in [0.1, 0.15) is 16.7 Å². The maximum absolute atomic E-state index is 12.6. The monoisotopic (exact) mass is 451 g/mol. The maximum atomic E-state index is 12.6. The molecule has 0 aromatic heterocycles. The lowest BCUT2D eigenvalue weighted by atomic mass is 10.2. The van der Waals surface area contributed by atoms with Crippen LogP contribution in [0.1, 0.15) is 12.0 Å². The second kappa shape index (κ2) is 9.07. The number of hydrogen-bond donors (Lipinski definition) is 1. The second-order valence-electron chi connectivity index (χ2n) is 6.43. The number of aliphatic imine (C=N–C) groups is 1. The van der Waals surface area contributed by atoms with E-state index in [1.807, 2.05) is 6.92 Å². The lowest BCUT2D eigenvalue weighted by molar-refractivity contribution is -0.127. The van der Waals surface area contributed by atoms with Crippen LogP contribution in [0.4, 0.5) is 11.4 Å². The highest BCUT2D eigenvalue weighted by molar-refractivity contribution is 8.15. The molecule has 1 aliphatic heterocycles. The van der Waals surface area contributed by atoms with Crippen LogP contribution in [0.25, 0.3) is 0 Å². The number of methoxy groups -OCH3 is 1.